The Morgan fingerprint density at radius 3 is 2.45 bits per heavy atom. The minimum Gasteiger partial charge on any atom is -0.366 e. The van der Waals surface area contributed by atoms with Crippen LogP contribution in [0.2, 0.25) is 5.02 Å². The lowest BCUT2D eigenvalue weighted by Gasteiger charge is -2.19. The molecule has 0 saturated carbocycles. The van der Waals surface area contributed by atoms with Crippen molar-refractivity contribution in [1.29, 1.82) is 0 Å². The van der Waals surface area contributed by atoms with Crippen LogP contribution in [-0.2, 0) is 6.54 Å². The van der Waals surface area contributed by atoms with Gasteiger partial charge in [-0.25, -0.2) is 0 Å². The van der Waals surface area contributed by atoms with E-state index in [1.165, 1.54) is 18.2 Å². The zero-order valence-electron chi connectivity index (χ0n) is 11.8. The van der Waals surface area contributed by atoms with Crippen molar-refractivity contribution in [3.05, 3.63) is 68.7 Å². The van der Waals surface area contributed by atoms with Crippen molar-refractivity contribution in [2.24, 2.45) is 5.73 Å². The summed E-state index contributed by atoms with van der Waals surface area (Å²) in [6.07, 6.45) is 0. The van der Waals surface area contributed by atoms with Crippen molar-refractivity contribution in [1.82, 2.24) is 0 Å². The Morgan fingerprint density at radius 1 is 1.27 bits per heavy atom. The number of rotatable bonds is 5. The van der Waals surface area contributed by atoms with Crippen LogP contribution in [0.3, 0.4) is 0 Å². The summed E-state index contributed by atoms with van der Waals surface area (Å²) in [5.41, 5.74) is 6.47. The molecule has 22 heavy (non-hydrogen) atoms. The number of carbonyl (C=O) groups excluding carboxylic acids is 1. The Kier molecular flexibility index (Phi) is 4.62. The highest BCUT2D eigenvalue weighted by Gasteiger charge is 2.19. The van der Waals surface area contributed by atoms with Gasteiger partial charge in [0, 0.05) is 30.2 Å². The molecule has 0 spiro atoms. The van der Waals surface area contributed by atoms with E-state index < -0.39 is 10.8 Å². The molecule has 0 aliphatic heterocycles. The van der Waals surface area contributed by atoms with Gasteiger partial charge in [0.2, 0.25) is 5.91 Å². The van der Waals surface area contributed by atoms with Crippen LogP contribution < -0.4 is 10.6 Å². The zero-order chi connectivity index (χ0) is 16.3. The van der Waals surface area contributed by atoms with Crippen molar-refractivity contribution in [3.8, 4) is 0 Å². The van der Waals surface area contributed by atoms with Gasteiger partial charge in [-0.05, 0) is 29.8 Å². The van der Waals surface area contributed by atoms with Crippen LogP contribution in [0.1, 0.15) is 15.9 Å². The van der Waals surface area contributed by atoms with E-state index in [1.807, 2.05) is 12.1 Å². The minimum absolute atomic E-state index is 0.107. The number of nitrogens with two attached hydrogens (primary N) is 1. The maximum Gasteiger partial charge on any atom is 0.293 e. The molecule has 7 heteroatoms. The van der Waals surface area contributed by atoms with Crippen LogP contribution in [0, 0.1) is 10.1 Å². The average molecular weight is 320 g/mol. The van der Waals surface area contributed by atoms with E-state index in [0.717, 1.165) is 5.56 Å². The molecule has 0 aliphatic rings. The van der Waals surface area contributed by atoms with Gasteiger partial charge in [-0.1, -0.05) is 23.7 Å². The third-order valence-electron chi connectivity index (χ3n) is 3.20. The Hall–Kier alpha value is -2.60. The number of carbonyl (C=O) groups is 1. The van der Waals surface area contributed by atoms with E-state index in [9.17, 15) is 14.9 Å². The number of benzene rings is 2. The van der Waals surface area contributed by atoms with Crippen molar-refractivity contribution >= 4 is 28.9 Å². The van der Waals surface area contributed by atoms with Gasteiger partial charge < -0.3 is 10.6 Å². The van der Waals surface area contributed by atoms with Crippen LogP contribution in [0.5, 0.6) is 0 Å². The molecule has 0 saturated heterocycles. The fourth-order valence-corrected chi connectivity index (χ4v) is 2.22. The summed E-state index contributed by atoms with van der Waals surface area (Å²) in [4.78, 5) is 23.6. The fourth-order valence-electron chi connectivity index (χ4n) is 2.09. The Morgan fingerprint density at radius 2 is 1.91 bits per heavy atom. The van der Waals surface area contributed by atoms with Gasteiger partial charge in [-0.2, -0.15) is 0 Å². The highest BCUT2D eigenvalue weighted by atomic mass is 35.5. The highest BCUT2D eigenvalue weighted by Crippen LogP contribution is 2.29. The summed E-state index contributed by atoms with van der Waals surface area (Å²) in [5.74, 6) is -0.699. The number of hydrogen-bond donors (Lipinski definition) is 1. The van der Waals surface area contributed by atoms with Gasteiger partial charge in [0.1, 0.15) is 5.69 Å². The van der Waals surface area contributed by atoms with E-state index in [1.54, 1.807) is 24.1 Å². The summed E-state index contributed by atoms with van der Waals surface area (Å²) >= 11 is 5.83. The number of nitrogens with zero attached hydrogens (tertiary/aromatic N) is 2. The maximum absolute atomic E-state index is 11.2. The van der Waals surface area contributed by atoms with Crippen LogP contribution in [0.4, 0.5) is 11.4 Å². The number of nitro benzene ring substituents is 1. The van der Waals surface area contributed by atoms with Crippen molar-refractivity contribution in [2.45, 2.75) is 6.54 Å². The molecule has 2 aromatic carbocycles. The lowest BCUT2D eigenvalue weighted by Crippen LogP contribution is -2.18. The molecular weight excluding hydrogens is 306 g/mol. The molecule has 114 valence electrons. The first-order chi connectivity index (χ1) is 10.4. The molecule has 0 bridgehead atoms. The predicted molar refractivity (Wildman–Crippen MR) is 85.2 cm³/mol. The Balaban J connectivity index is 2.32. The molecule has 1 amide bonds. The van der Waals surface area contributed by atoms with Crippen molar-refractivity contribution in [3.63, 3.8) is 0 Å². The van der Waals surface area contributed by atoms with Crippen LogP contribution >= 0.6 is 11.6 Å². The molecule has 0 aliphatic carbocycles. The van der Waals surface area contributed by atoms with Gasteiger partial charge in [-0.15, -0.1) is 0 Å². The van der Waals surface area contributed by atoms with Gasteiger partial charge in [0.05, 0.1) is 4.92 Å². The number of anilines is 1. The number of amides is 1. The number of halogens is 1. The quantitative estimate of drug-likeness (QED) is 0.677. The third kappa shape index (κ3) is 3.53. The molecule has 0 fully saturated rings. The van der Waals surface area contributed by atoms with Crippen LogP contribution in [0.15, 0.2) is 42.5 Å². The van der Waals surface area contributed by atoms with E-state index in [-0.39, 0.29) is 11.3 Å². The Bertz CT molecular complexity index is 716. The van der Waals surface area contributed by atoms with Crippen LogP contribution in [0.25, 0.3) is 0 Å². The lowest BCUT2D eigenvalue weighted by atomic mass is 10.1. The molecule has 0 atom stereocenters. The van der Waals surface area contributed by atoms with E-state index in [2.05, 4.69) is 0 Å². The first-order valence-electron chi connectivity index (χ1n) is 6.42. The molecule has 0 heterocycles. The number of hydrogen-bond acceptors (Lipinski definition) is 4. The molecule has 2 rings (SSSR count). The van der Waals surface area contributed by atoms with E-state index in [4.69, 9.17) is 17.3 Å². The molecular formula is C15H14ClN3O3. The zero-order valence-corrected chi connectivity index (χ0v) is 12.6. The topological polar surface area (TPSA) is 89.5 Å². The Labute approximate surface area is 132 Å². The standard InChI is InChI=1S/C15H14ClN3O3/c1-18(9-10-2-5-12(16)6-3-10)13-7-4-11(15(17)20)8-14(13)19(21)22/h2-8H,9H2,1H3,(H2,17,20). The van der Waals surface area contributed by atoms with Gasteiger partial charge in [0.15, 0.2) is 0 Å². The molecule has 6 nitrogen and oxygen atoms in total. The molecule has 0 radical (unpaired) electrons. The van der Waals surface area contributed by atoms with Crippen molar-refractivity contribution < 1.29 is 9.72 Å². The largest absolute Gasteiger partial charge is 0.366 e. The second-order valence-electron chi connectivity index (χ2n) is 4.81. The predicted octanol–water partition coefficient (Wildman–Crippen LogP) is 2.98. The second-order valence-corrected chi connectivity index (χ2v) is 5.24. The summed E-state index contributed by atoms with van der Waals surface area (Å²) < 4.78 is 0. The van der Waals surface area contributed by atoms with Gasteiger partial charge in [-0.3, -0.25) is 14.9 Å². The molecule has 2 N–H and O–H groups in total. The monoisotopic (exact) mass is 319 g/mol. The summed E-state index contributed by atoms with van der Waals surface area (Å²) in [6.45, 7) is 0.466. The number of primary amides is 1. The average Bonchev–Trinajstić information content (AvgIpc) is 2.48. The summed E-state index contributed by atoms with van der Waals surface area (Å²) in [5, 5.41) is 11.8. The second kappa shape index (κ2) is 6.44. The molecule has 0 unspecified atom stereocenters. The van der Waals surface area contributed by atoms with E-state index in [0.29, 0.717) is 17.3 Å². The smallest absolute Gasteiger partial charge is 0.293 e. The van der Waals surface area contributed by atoms with Crippen LogP contribution in [-0.4, -0.2) is 17.9 Å². The lowest BCUT2D eigenvalue weighted by molar-refractivity contribution is -0.384. The number of nitro groups is 1. The highest BCUT2D eigenvalue weighted by molar-refractivity contribution is 6.30. The minimum atomic E-state index is -0.699. The normalized spacial score (nSPS) is 10.3. The first-order valence-corrected chi connectivity index (χ1v) is 6.80. The first kappa shape index (κ1) is 15.8. The summed E-state index contributed by atoms with van der Waals surface area (Å²) in [6, 6.07) is 11.4. The third-order valence-corrected chi connectivity index (χ3v) is 3.45. The van der Waals surface area contributed by atoms with E-state index >= 15 is 0 Å². The summed E-state index contributed by atoms with van der Waals surface area (Å²) in [7, 11) is 1.74. The van der Waals surface area contributed by atoms with Crippen molar-refractivity contribution in [2.75, 3.05) is 11.9 Å². The molecule has 2 aromatic rings. The van der Waals surface area contributed by atoms with Gasteiger partial charge in [0.25, 0.3) is 5.69 Å². The SMILES string of the molecule is CN(Cc1ccc(Cl)cc1)c1ccc(C(N)=O)cc1[N+](=O)[O-]. The molecule has 0 aromatic heterocycles. The van der Waals surface area contributed by atoms with Gasteiger partial charge >= 0.3 is 0 Å². The fraction of sp³-hybridized carbons (Fsp3) is 0.133. The maximum atomic E-state index is 11.2.